The Morgan fingerprint density at radius 1 is 1.33 bits per heavy atom. The Bertz CT molecular complexity index is 653. The van der Waals surface area contributed by atoms with Gasteiger partial charge in [-0.15, -0.1) is 0 Å². The van der Waals surface area contributed by atoms with E-state index in [9.17, 15) is 4.79 Å². The number of carbonyl (C=O) groups excluding carboxylic acids is 1. The Balaban J connectivity index is 1.87. The minimum atomic E-state index is 0.0990. The Hall–Kier alpha value is -1.68. The van der Waals surface area contributed by atoms with Gasteiger partial charge in [0, 0.05) is 22.3 Å². The monoisotopic (exact) mass is 344 g/mol. The summed E-state index contributed by atoms with van der Waals surface area (Å²) < 4.78 is 0.935. The second-order valence-corrected chi connectivity index (χ2v) is 6.36. The molecule has 1 heterocycles. The number of carbonyl (C=O) groups is 1. The fourth-order valence-corrected chi connectivity index (χ4v) is 2.76. The number of amides is 1. The van der Waals surface area contributed by atoms with Crippen LogP contribution in [0.4, 0.5) is 0 Å². The van der Waals surface area contributed by atoms with Gasteiger partial charge in [0.25, 0.3) is 5.91 Å². The molecule has 1 aromatic heterocycles. The maximum Gasteiger partial charge on any atom is 0.254 e. The summed E-state index contributed by atoms with van der Waals surface area (Å²) in [7, 11) is 0. The van der Waals surface area contributed by atoms with Crippen molar-refractivity contribution >= 4 is 21.8 Å². The predicted molar refractivity (Wildman–Crippen MR) is 86.0 cm³/mol. The zero-order chi connectivity index (χ0) is 14.8. The third-order valence-corrected chi connectivity index (χ3v) is 4.23. The normalized spacial score (nSPS) is 14.0. The van der Waals surface area contributed by atoms with Gasteiger partial charge in [0.1, 0.15) is 0 Å². The summed E-state index contributed by atoms with van der Waals surface area (Å²) in [5.41, 5.74) is 2.72. The van der Waals surface area contributed by atoms with Crippen molar-refractivity contribution in [1.82, 2.24) is 9.88 Å². The minimum absolute atomic E-state index is 0.0990. The number of pyridine rings is 1. The molecule has 0 aliphatic heterocycles. The second kappa shape index (κ2) is 5.98. The van der Waals surface area contributed by atoms with E-state index in [1.54, 1.807) is 6.20 Å². The van der Waals surface area contributed by atoms with Crippen molar-refractivity contribution in [2.24, 2.45) is 0 Å². The molecule has 3 rings (SSSR count). The number of halogens is 1. The first-order chi connectivity index (χ1) is 10.1. The predicted octanol–water partition coefficient (Wildman–Crippen LogP) is 3.96. The van der Waals surface area contributed by atoms with E-state index in [2.05, 4.69) is 20.9 Å². The number of rotatable bonds is 4. The molecule has 1 amide bonds. The fourth-order valence-electron chi connectivity index (χ4n) is 2.40. The van der Waals surface area contributed by atoms with Gasteiger partial charge in [0.15, 0.2) is 0 Å². The van der Waals surface area contributed by atoms with Gasteiger partial charge in [-0.3, -0.25) is 9.78 Å². The molecule has 1 fully saturated rings. The Morgan fingerprint density at radius 2 is 2.14 bits per heavy atom. The molecule has 0 radical (unpaired) electrons. The highest BCUT2D eigenvalue weighted by Gasteiger charge is 2.33. The van der Waals surface area contributed by atoms with Gasteiger partial charge < -0.3 is 4.90 Å². The summed E-state index contributed by atoms with van der Waals surface area (Å²) in [5.74, 6) is 0.0990. The van der Waals surface area contributed by atoms with Gasteiger partial charge in [-0.2, -0.15) is 0 Å². The van der Waals surface area contributed by atoms with Gasteiger partial charge in [-0.25, -0.2) is 0 Å². The van der Waals surface area contributed by atoms with Crippen LogP contribution in [-0.4, -0.2) is 21.8 Å². The van der Waals surface area contributed by atoms with E-state index in [0.717, 1.165) is 34.1 Å². The number of aromatic nitrogens is 1. The second-order valence-electron chi connectivity index (χ2n) is 5.44. The summed E-state index contributed by atoms with van der Waals surface area (Å²) in [5, 5.41) is 0. The molecule has 108 valence electrons. The van der Waals surface area contributed by atoms with Crippen molar-refractivity contribution in [1.29, 1.82) is 0 Å². The van der Waals surface area contributed by atoms with Crippen LogP contribution in [0.2, 0.25) is 0 Å². The Morgan fingerprint density at radius 3 is 2.81 bits per heavy atom. The van der Waals surface area contributed by atoms with Crippen LogP contribution in [0.25, 0.3) is 0 Å². The molecule has 1 aliphatic carbocycles. The SMILES string of the molecule is Cc1ccc(Br)cc1C(=O)N(Cc1ccccn1)C1CC1. The average molecular weight is 345 g/mol. The molecule has 0 spiro atoms. The molecular weight excluding hydrogens is 328 g/mol. The van der Waals surface area contributed by atoms with Crippen LogP contribution in [0.1, 0.15) is 34.5 Å². The highest BCUT2D eigenvalue weighted by atomic mass is 79.9. The van der Waals surface area contributed by atoms with Gasteiger partial charge in [-0.05, 0) is 49.6 Å². The highest BCUT2D eigenvalue weighted by molar-refractivity contribution is 9.10. The summed E-state index contributed by atoms with van der Waals surface area (Å²) in [4.78, 5) is 19.2. The Labute approximate surface area is 133 Å². The van der Waals surface area contributed by atoms with E-state index in [1.807, 2.05) is 48.2 Å². The first-order valence-corrected chi connectivity index (χ1v) is 7.91. The average Bonchev–Trinajstić information content (AvgIpc) is 3.32. The van der Waals surface area contributed by atoms with E-state index in [1.165, 1.54) is 0 Å². The summed E-state index contributed by atoms with van der Waals surface area (Å²) in [6, 6.07) is 12.0. The van der Waals surface area contributed by atoms with Crippen molar-refractivity contribution in [3.05, 3.63) is 63.9 Å². The lowest BCUT2D eigenvalue weighted by Gasteiger charge is -2.23. The first-order valence-electron chi connectivity index (χ1n) is 7.12. The lowest BCUT2D eigenvalue weighted by atomic mass is 10.1. The van der Waals surface area contributed by atoms with E-state index < -0.39 is 0 Å². The van der Waals surface area contributed by atoms with E-state index in [-0.39, 0.29) is 5.91 Å². The summed E-state index contributed by atoms with van der Waals surface area (Å²) >= 11 is 3.45. The standard InChI is InChI=1S/C17H17BrN2O/c1-12-5-6-13(18)10-16(12)17(21)20(15-7-8-15)11-14-4-2-3-9-19-14/h2-6,9-10,15H,7-8,11H2,1H3. The van der Waals surface area contributed by atoms with E-state index in [0.29, 0.717) is 12.6 Å². The van der Waals surface area contributed by atoms with Crippen molar-refractivity contribution in [3.8, 4) is 0 Å². The van der Waals surface area contributed by atoms with E-state index in [4.69, 9.17) is 0 Å². The molecule has 0 unspecified atom stereocenters. The molecule has 1 aromatic carbocycles. The number of nitrogens with zero attached hydrogens (tertiary/aromatic N) is 2. The summed E-state index contributed by atoms with van der Waals surface area (Å²) in [6.45, 7) is 2.56. The molecule has 1 aliphatic rings. The molecule has 0 bridgehead atoms. The zero-order valence-corrected chi connectivity index (χ0v) is 13.5. The van der Waals surface area contributed by atoms with Crippen LogP contribution < -0.4 is 0 Å². The van der Waals surface area contributed by atoms with Crippen molar-refractivity contribution < 1.29 is 4.79 Å². The smallest absolute Gasteiger partial charge is 0.254 e. The van der Waals surface area contributed by atoms with Crippen LogP contribution in [0, 0.1) is 6.92 Å². The van der Waals surface area contributed by atoms with Gasteiger partial charge in [0.2, 0.25) is 0 Å². The molecule has 4 heteroatoms. The minimum Gasteiger partial charge on any atom is -0.330 e. The van der Waals surface area contributed by atoms with Crippen LogP contribution >= 0.6 is 15.9 Å². The lowest BCUT2D eigenvalue weighted by Crippen LogP contribution is -2.33. The van der Waals surface area contributed by atoms with Crippen LogP contribution in [-0.2, 0) is 6.54 Å². The number of hydrogen-bond donors (Lipinski definition) is 0. The fraction of sp³-hybridized carbons (Fsp3) is 0.294. The zero-order valence-electron chi connectivity index (χ0n) is 11.9. The topological polar surface area (TPSA) is 33.2 Å². The molecule has 3 nitrogen and oxygen atoms in total. The van der Waals surface area contributed by atoms with Crippen LogP contribution in [0.15, 0.2) is 47.1 Å². The number of aryl methyl sites for hydroxylation is 1. The molecule has 1 saturated carbocycles. The Kier molecular flexibility index (Phi) is 4.06. The number of hydrogen-bond acceptors (Lipinski definition) is 2. The quantitative estimate of drug-likeness (QED) is 0.840. The summed E-state index contributed by atoms with van der Waals surface area (Å²) in [6.07, 6.45) is 3.95. The van der Waals surface area contributed by atoms with Gasteiger partial charge >= 0.3 is 0 Å². The van der Waals surface area contributed by atoms with Crippen LogP contribution in [0.3, 0.4) is 0 Å². The van der Waals surface area contributed by atoms with Crippen LogP contribution in [0.5, 0.6) is 0 Å². The van der Waals surface area contributed by atoms with Gasteiger partial charge in [0.05, 0.1) is 12.2 Å². The largest absolute Gasteiger partial charge is 0.330 e. The number of benzene rings is 1. The molecule has 0 N–H and O–H groups in total. The molecular formula is C17H17BrN2O. The maximum absolute atomic E-state index is 12.9. The molecule has 0 saturated heterocycles. The molecule has 21 heavy (non-hydrogen) atoms. The first kappa shape index (κ1) is 14.3. The highest BCUT2D eigenvalue weighted by Crippen LogP contribution is 2.30. The molecule has 0 atom stereocenters. The third kappa shape index (κ3) is 3.32. The van der Waals surface area contributed by atoms with Crippen molar-refractivity contribution in [2.45, 2.75) is 32.4 Å². The lowest BCUT2D eigenvalue weighted by molar-refractivity contribution is 0.0727. The van der Waals surface area contributed by atoms with Crippen molar-refractivity contribution in [3.63, 3.8) is 0 Å². The van der Waals surface area contributed by atoms with Crippen molar-refractivity contribution in [2.75, 3.05) is 0 Å². The maximum atomic E-state index is 12.9. The van der Waals surface area contributed by atoms with Gasteiger partial charge in [-0.1, -0.05) is 28.1 Å². The molecule has 2 aromatic rings. The third-order valence-electron chi connectivity index (χ3n) is 3.74. The van der Waals surface area contributed by atoms with E-state index >= 15 is 0 Å².